The fraction of sp³-hybridized carbons (Fsp3) is 0.400. The fourth-order valence-corrected chi connectivity index (χ4v) is 2.45. The Morgan fingerprint density at radius 3 is 1.73 bits per heavy atom. The molecule has 0 heterocycles. The first kappa shape index (κ1) is 16.4. The Balaban J connectivity index is 2.61. The first-order valence-electron chi connectivity index (χ1n) is 7.68. The van der Waals surface area contributed by atoms with Gasteiger partial charge in [-0.25, -0.2) is 0 Å². The summed E-state index contributed by atoms with van der Waals surface area (Å²) >= 11 is 0. The minimum absolute atomic E-state index is 0.0104. The molecule has 0 fully saturated rings. The first-order valence-corrected chi connectivity index (χ1v) is 7.68. The van der Waals surface area contributed by atoms with Crippen LogP contribution in [-0.4, -0.2) is 0 Å². The molecule has 0 unspecified atom stereocenters. The fourth-order valence-electron chi connectivity index (χ4n) is 2.45. The topological polar surface area (TPSA) is 29.1 Å². The highest BCUT2D eigenvalue weighted by Gasteiger charge is 2.29. The maximum absolute atomic E-state index is 13.0. The highest BCUT2D eigenvalue weighted by atomic mass is 16.5. The molecule has 0 amide bonds. The molecule has 0 spiro atoms. The molecule has 22 heavy (non-hydrogen) atoms. The summed E-state index contributed by atoms with van der Waals surface area (Å²) < 4.78 is 5.99. The van der Waals surface area contributed by atoms with Crippen LogP contribution in [0.1, 0.15) is 52.7 Å². The maximum atomic E-state index is 13.0. The van der Waals surface area contributed by atoms with Crippen LogP contribution in [0, 0.1) is 0 Å². The van der Waals surface area contributed by atoms with Gasteiger partial charge >= 0.3 is 0 Å². The summed E-state index contributed by atoms with van der Waals surface area (Å²) in [5.74, 6) is 1.13. The second kappa shape index (κ2) is 5.68. The van der Waals surface area contributed by atoms with E-state index in [1.54, 1.807) is 0 Å². The van der Waals surface area contributed by atoms with E-state index in [1.807, 2.05) is 63.2 Å². The van der Waals surface area contributed by atoms with Crippen LogP contribution >= 0.6 is 0 Å². The Kier molecular flexibility index (Phi) is 4.23. The monoisotopic (exact) mass is 297 g/mol. The van der Waals surface area contributed by atoms with E-state index in [9.17, 15) is 5.11 Å². The van der Waals surface area contributed by atoms with Crippen LogP contribution in [0.4, 0.5) is 0 Å². The molecule has 0 saturated carbocycles. The highest BCUT2D eigenvalue weighted by molar-refractivity contribution is 5.56. The molecule has 1 radical (unpaired) electrons. The van der Waals surface area contributed by atoms with Gasteiger partial charge in [0.15, 0.2) is 5.75 Å². The molecule has 0 aliphatic heterocycles. The summed E-state index contributed by atoms with van der Waals surface area (Å²) in [6.45, 7) is 12.4. The molecule has 2 nitrogen and oxygen atoms in total. The van der Waals surface area contributed by atoms with E-state index < -0.39 is 0 Å². The minimum atomic E-state index is -0.206. The Hall–Kier alpha value is -1.96. The molecule has 117 valence electrons. The number of benzene rings is 2. The lowest BCUT2D eigenvalue weighted by Crippen LogP contribution is -2.16. The van der Waals surface area contributed by atoms with E-state index in [-0.39, 0.29) is 16.6 Å². The Morgan fingerprint density at radius 1 is 0.727 bits per heavy atom. The third-order valence-electron chi connectivity index (χ3n) is 3.69. The standard InChI is InChI=1S/C20H25O2/c1-19(2,3)15-12-13-16(20(4,5)6)18(17(15)21)22-14-10-8-7-9-11-14/h7-13H,1-6H3. The molecule has 0 atom stereocenters. The van der Waals surface area contributed by atoms with Crippen molar-refractivity contribution in [2.75, 3.05) is 0 Å². The van der Waals surface area contributed by atoms with Gasteiger partial charge in [-0.05, 0) is 23.0 Å². The largest absolute Gasteiger partial charge is 0.453 e. The summed E-state index contributed by atoms with van der Waals surface area (Å²) in [6, 6.07) is 13.5. The molecule has 2 aromatic rings. The van der Waals surface area contributed by atoms with Gasteiger partial charge in [-0.2, -0.15) is 0 Å². The van der Waals surface area contributed by atoms with E-state index in [0.717, 1.165) is 11.1 Å². The number of para-hydroxylation sites is 1. The minimum Gasteiger partial charge on any atom is -0.453 e. The molecule has 0 N–H and O–H groups in total. The van der Waals surface area contributed by atoms with Gasteiger partial charge in [-0.15, -0.1) is 0 Å². The van der Waals surface area contributed by atoms with Crippen molar-refractivity contribution in [3.8, 4) is 17.2 Å². The van der Waals surface area contributed by atoms with Crippen LogP contribution in [0.5, 0.6) is 17.2 Å². The van der Waals surface area contributed by atoms with Crippen LogP contribution in [-0.2, 0) is 15.9 Å². The molecular formula is C20H25O2. The van der Waals surface area contributed by atoms with Gasteiger partial charge in [0.05, 0.1) is 0 Å². The number of ether oxygens (including phenoxy) is 1. The van der Waals surface area contributed by atoms with Crippen molar-refractivity contribution in [3.63, 3.8) is 0 Å². The van der Waals surface area contributed by atoms with E-state index in [1.165, 1.54) is 0 Å². The van der Waals surface area contributed by atoms with Crippen LogP contribution < -0.4 is 4.74 Å². The second-order valence-corrected chi connectivity index (χ2v) is 7.73. The third-order valence-corrected chi connectivity index (χ3v) is 3.69. The molecule has 2 aromatic carbocycles. The van der Waals surface area contributed by atoms with Crippen molar-refractivity contribution in [1.29, 1.82) is 0 Å². The second-order valence-electron chi connectivity index (χ2n) is 7.73. The zero-order chi connectivity index (χ0) is 16.5. The SMILES string of the molecule is CC(C)(C)c1ccc(C(C)(C)C)c(Oc2ccccc2)c1[O]. The van der Waals surface area contributed by atoms with Gasteiger partial charge in [-0.3, -0.25) is 5.11 Å². The Labute approximate surface area is 133 Å². The van der Waals surface area contributed by atoms with Crippen molar-refractivity contribution in [2.45, 2.75) is 52.4 Å². The number of hydrogen-bond acceptors (Lipinski definition) is 1. The molecular weight excluding hydrogens is 272 g/mol. The molecule has 0 aliphatic carbocycles. The lowest BCUT2D eigenvalue weighted by Gasteiger charge is -2.27. The molecule has 2 heteroatoms. The normalized spacial score (nSPS) is 12.3. The molecule has 0 bridgehead atoms. The Morgan fingerprint density at radius 2 is 1.23 bits per heavy atom. The zero-order valence-corrected chi connectivity index (χ0v) is 14.4. The van der Waals surface area contributed by atoms with E-state index >= 15 is 0 Å². The lowest BCUT2D eigenvalue weighted by atomic mass is 9.81. The van der Waals surface area contributed by atoms with Crippen LogP contribution in [0.15, 0.2) is 42.5 Å². The summed E-state index contributed by atoms with van der Waals surface area (Å²) in [5.41, 5.74) is 1.36. The Bertz CT molecular complexity index is 644. The lowest BCUT2D eigenvalue weighted by molar-refractivity contribution is 0.312. The van der Waals surface area contributed by atoms with Crippen LogP contribution in [0.25, 0.3) is 0 Å². The average molecular weight is 297 g/mol. The average Bonchev–Trinajstić information content (AvgIpc) is 2.39. The van der Waals surface area contributed by atoms with Crippen molar-refractivity contribution >= 4 is 0 Å². The van der Waals surface area contributed by atoms with Crippen molar-refractivity contribution in [1.82, 2.24) is 0 Å². The molecule has 0 aromatic heterocycles. The highest BCUT2D eigenvalue weighted by Crippen LogP contribution is 2.46. The van der Waals surface area contributed by atoms with E-state index in [0.29, 0.717) is 11.5 Å². The van der Waals surface area contributed by atoms with Gasteiger partial charge in [0, 0.05) is 11.1 Å². The summed E-state index contributed by atoms with van der Waals surface area (Å²) in [6.07, 6.45) is 0. The van der Waals surface area contributed by atoms with Crippen molar-refractivity contribution in [3.05, 3.63) is 53.6 Å². The molecule has 0 aliphatic rings. The van der Waals surface area contributed by atoms with Gasteiger partial charge in [0.25, 0.3) is 0 Å². The van der Waals surface area contributed by atoms with Crippen LogP contribution in [0.3, 0.4) is 0 Å². The number of hydrogen-bond donors (Lipinski definition) is 0. The predicted molar refractivity (Wildman–Crippen MR) is 90.5 cm³/mol. The molecule has 0 saturated heterocycles. The van der Waals surface area contributed by atoms with Gasteiger partial charge in [0.1, 0.15) is 5.75 Å². The van der Waals surface area contributed by atoms with E-state index in [2.05, 4.69) is 20.8 Å². The maximum Gasteiger partial charge on any atom is 0.225 e. The summed E-state index contributed by atoms with van der Waals surface area (Å²) in [7, 11) is 0. The van der Waals surface area contributed by atoms with E-state index in [4.69, 9.17) is 4.74 Å². The van der Waals surface area contributed by atoms with Gasteiger partial charge in [0.2, 0.25) is 5.75 Å². The van der Waals surface area contributed by atoms with Crippen molar-refractivity contribution in [2.24, 2.45) is 0 Å². The quantitative estimate of drug-likeness (QED) is 0.647. The summed E-state index contributed by atoms with van der Waals surface area (Å²) in [4.78, 5) is 0. The van der Waals surface area contributed by atoms with Gasteiger partial charge < -0.3 is 4.74 Å². The molecule has 2 rings (SSSR count). The van der Waals surface area contributed by atoms with Crippen LogP contribution in [0.2, 0.25) is 0 Å². The van der Waals surface area contributed by atoms with Gasteiger partial charge in [-0.1, -0.05) is 71.9 Å². The predicted octanol–water partition coefficient (Wildman–Crippen LogP) is 6.22. The number of rotatable bonds is 2. The zero-order valence-electron chi connectivity index (χ0n) is 14.4. The summed E-state index contributed by atoms with van der Waals surface area (Å²) in [5, 5.41) is 13.0. The first-order chi connectivity index (χ1) is 10.1. The van der Waals surface area contributed by atoms with Crippen molar-refractivity contribution < 1.29 is 9.84 Å². The third kappa shape index (κ3) is 3.44. The smallest absolute Gasteiger partial charge is 0.225 e.